The van der Waals surface area contributed by atoms with Crippen molar-refractivity contribution in [1.82, 2.24) is 9.78 Å². The van der Waals surface area contributed by atoms with Gasteiger partial charge in [0.25, 0.3) is 0 Å². The zero-order valence-corrected chi connectivity index (χ0v) is 7.44. The average Bonchev–Trinajstić information content (AvgIpc) is 2.89. The first kappa shape index (κ1) is 8.10. The van der Waals surface area contributed by atoms with E-state index in [1.807, 2.05) is 7.05 Å². The van der Waals surface area contributed by atoms with Crippen LogP contribution in [0, 0.1) is 0 Å². The zero-order valence-electron chi connectivity index (χ0n) is 7.44. The monoisotopic (exact) mass is 180 g/mol. The fourth-order valence-corrected chi connectivity index (χ4v) is 1.54. The van der Waals surface area contributed by atoms with Gasteiger partial charge in [0.15, 0.2) is 5.84 Å². The molecule has 2 rings (SSSR count). The highest BCUT2D eigenvalue weighted by atomic mass is 16.4. The normalized spacial score (nSPS) is 17.8. The van der Waals surface area contributed by atoms with Gasteiger partial charge in [-0.25, -0.2) is 0 Å². The maximum Gasteiger partial charge on any atom is 0.173 e. The molecule has 1 aromatic rings. The Morgan fingerprint density at radius 1 is 1.77 bits per heavy atom. The number of nitrogens with two attached hydrogens (primary N) is 1. The zero-order chi connectivity index (χ0) is 9.42. The average molecular weight is 180 g/mol. The fourth-order valence-electron chi connectivity index (χ4n) is 1.54. The standard InChI is InChI=1S/C8H12N4O/c1-12-7(5-2-3-5)6(4-10-12)8(9)11-13/h4-5,13H,2-3H2,1H3,(H2,9,11). The smallest absolute Gasteiger partial charge is 0.173 e. The van der Waals surface area contributed by atoms with Crippen LogP contribution in [0.25, 0.3) is 0 Å². The van der Waals surface area contributed by atoms with Crippen LogP contribution in [0.5, 0.6) is 0 Å². The molecular formula is C8H12N4O. The lowest BCUT2D eigenvalue weighted by Gasteiger charge is -2.01. The predicted octanol–water partition coefficient (Wildman–Crippen LogP) is 0.392. The maximum atomic E-state index is 8.55. The molecule has 1 aliphatic carbocycles. The molecule has 1 saturated carbocycles. The summed E-state index contributed by atoms with van der Waals surface area (Å²) < 4.78 is 1.80. The first-order valence-electron chi connectivity index (χ1n) is 4.24. The minimum absolute atomic E-state index is 0.148. The van der Waals surface area contributed by atoms with Gasteiger partial charge in [0.05, 0.1) is 17.5 Å². The summed E-state index contributed by atoms with van der Waals surface area (Å²) in [5.41, 5.74) is 7.36. The number of rotatable bonds is 2. The van der Waals surface area contributed by atoms with E-state index in [9.17, 15) is 0 Å². The first-order valence-corrected chi connectivity index (χ1v) is 4.24. The van der Waals surface area contributed by atoms with Crippen LogP contribution >= 0.6 is 0 Å². The van der Waals surface area contributed by atoms with E-state index in [4.69, 9.17) is 10.9 Å². The number of hydrogen-bond acceptors (Lipinski definition) is 3. The molecule has 0 aromatic carbocycles. The molecule has 13 heavy (non-hydrogen) atoms. The summed E-state index contributed by atoms with van der Waals surface area (Å²) in [5.74, 6) is 0.692. The maximum absolute atomic E-state index is 8.55. The number of aromatic nitrogens is 2. The summed E-state index contributed by atoms with van der Waals surface area (Å²) in [6, 6.07) is 0. The number of hydrogen-bond donors (Lipinski definition) is 2. The highest BCUT2D eigenvalue weighted by molar-refractivity contribution is 5.98. The highest BCUT2D eigenvalue weighted by Crippen LogP contribution is 2.41. The lowest BCUT2D eigenvalue weighted by molar-refractivity contribution is 0.318. The van der Waals surface area contributed by atoms with Gasteiger partial charge in [0, 0.05) is 13.0 Å². The second-order valence-electron chi connectivity index (χ2n) is 3.33. The molecule has 1 aromatic heterocycles. The molecule has 1 fully saturated rings. The molecular weight excluding hydrogens is 168 g/mol. The summed E-state index contributed by atoms with van der Waals surface area (Å²) in [4.78, 5) is 0. The summed E-state index contributed by atoms with van der Waals surface area (Å²) in [5, 5.41) is 15.6. The molecule has 5 nitrogen and oxygen atoms in total. The van der Waals surface area contributed by atoms with E-state index in [0.717, 1.165) is 11.3 Å². The number of aryl methyl sites for hydroxylation is 1. The number of amidine groups is 1. The minimum Gasteiger partial charge on any atom is -0.409 e. The highest BCUT2D eigenvalue weighted by Gasteiger charge is 2.30. The Bertz CT molecular complexity index is 351. The van der Waals surface area contributed by atoms with Crippen molar-refractivity contribution in [2.24, 2.45) is 17.9 Å². The molecule has 0 aliphatic heterocycles. The molecule has 3 N–H and O–H groups in total. The Labute approximate surface area is 75.8 Å². The molecule has 0 saturated heterocycles. The van der Waals surface area contributed by atoms with Crippen molar-refractivity contribution >= 4 is 5.84 Å². The molecule has 5 heteroatoms. The Balaban J connectivity index is 2.45. The van der Waals surface area contributed by atoms with Gasteiger partial charge in [-0.1, -0.05) is 5.16 Å². The van der Waals surface area contributed by atoms with Gasteiger partial charge in [-0.2, -0.15) is 5.10 Å². The van der Waals surface area contributed by atoms with Gasteiger partial charge >= 0.3 is 0 Å². The van der Waals surface area contributed by atoms with E-state index in [2.05, 4.69) is 10.3 Å². The molecule has 0 bridgehead atoms. The van der Waals surface area contributed by atoms with Crippen LogP contribution in [0.3, 0.4) is 0 Å². The van der Waals surface area contributed by atoms with Gasteiger partial charge in [-0.15, -0.1) is 0 Å². The van der Waals surface area contributed by atoms with E-state index in [1.165, 1.54) is 12.8 Å². The minimum atomic E-state index is 0.148. The summed E-state index contributed by atoms with van der Waals surface area (Å²) in [7, 11) is 1.88. The van der Waals surface area contributed by atoms with Crippen molar-refractivity contribution in [3.63, 3.8) is 0 Å². The summed E-state index contributed by atoms with van der Waals surface area (Å²) in [6.45, 7) is 0. The molecule has 0 unspecified atom stereocenters. The fraction of sp³-hybridized carbons (Fsp3) is 0.500. The number of nitrogens with zero attached hydrogens (tertiary/aromatic N) is 3. The van der Waals surface area contributed by atoms with Crippen LogP contribution < -0.4 is 5.73 Å². The SMILES string of the molecule is Cn1ncc(/C(N)=N\O)c1C1CC1. The van der Waals surface area contributed by atoms with Gasteiger partial charge < -0.3 is 10.9 Å². The van der Waals surface area contributed by atoms with Crippen LogP contribution in [0.15, 0.2) is 11.4 Å². The van der Waals surface area contributed by atoms with Crippen LogP contribution in [-0.4, -0.2) is 20.8 Å². The van der Waals surface area contributed by atoms with Crippen LogP contribution in [-0.2, 0) is 7.05 Å². The third-order valence-electron chi connectivity index (χ3n) is 2.33. The Hall–Kier alpha value is -1.52. The van der Waals surface area contributed by atoms with E-state index >= 15 is 0 Å². The molecule has 0 spiro atoms. The lowest BCUT2D eigenvalue weighted by atomic mass is 10.1. The number of oxime groups is 1. The van der Waals surface area contributed by atoms with Crippen LogP contribution in [0.2, 0.25) is 0 Å². The van der Waals surface area contributed by atoms with Gasteiger partial charge in [-0.3, -0.25) is 4.68 Å². The van der Waals surface area contributed by atoms with Gasteiger partial charge in [0.2, 0.25) is 0 Å². The molecule has 0 radical (unpaired) electrons. The van der Waals surface area contributed by atoms with Crippen LogP contribution in [0.1, 0.15) is 30.0 Å². The third-order valence-corrected chi connectivity index (χ3v) is 2.33. The Kier molecular flexibility index (Phi) is 1.72. The molecule has 0 atom stereocenters. The van der Waals surface area contributed by atoms with Crippen molar-refractivity contribution in [3.05, 3.63) is 17.5 Å². The van der Waals surface area contributed by atoms with Crippen molar-refractivity contribution in [2.45, 2.75) is 18.8 Å². The lowest BCUT2D eigenvalue weighted by Crippen LogP contribution is -2.15. The quantitative estimate of drug-likeness (QED) is 0.299. The van der Waals surface area contributed by atoms with Crippen LogP contribution in [0.4, 0.5) is 0 Å². The van der Waals surface area contributed by atoms with Gasteiger partial charge in [0.1, 0.15) is 0 Å². The predicted molar refractivity (Wildman–Crippen MR) is 47.7 cm³/mol. The van der Waals surface area contributed by atoms with Gasteiger partial charge in [-0.05, 0) is 12.8 Å². The van der Waals surface area contributed by atoms with E-state index in [1.54, 1.807) is 10.9 Å². The largest absolute Gasteiger partial charge is 0.409 e. The molecule has 0 amide bonds. The molecule has 1 heterocycles. The van der Waals surface area contributed by atoms with Crippen molar-refractivity contribution in [2.75, 3.05) is 0 Å². The second kappa shape index (κ2) is 2.76. The second-order valence-corrected chi connectivity index (χ2v) is 3.33. The Morgan fingerprint density at radius 3 is 3.00 bits per heavy atom. The van der Waals surface area contributed by atoms with Crippen molar-refractivity contribution < 1.29 is 5.21 Å². The molecule has 1 aliphatic rings. The van der Waals surface area contributed by atoms with E-state index < -0.39 is 0 Å². The molecule has 70 valence electrons. The van der Waals surface area contributed by atoms with Crippen molar-refractivity contribution in [1.29, 1.82) is 0 Å². The first-order chi connectivity index (χ1) is 6.24. The third kappa shape index (κ3) is 1.26. The van der Waals surface area contributed by atoms with E-state index in [0.29, 0.717) is 5.92 Å². The Morgan fingerprint density at radius 2 is 2.46 bits per heavy atom. The summed E-state index contributed by atoms with van der Waals surface area (Å²) >= 11 is 0. The summed E-state index contributed by atoms with van der Waals surface area (Å²) in [6.07, 6.45) is 3.99. The topological polar surface area (TPSA) is 76.4 Å². The van der Waals surface area contributed by atoms with Crippen molar-refractivity contribution in [3.8, 4) is 0 Å². The van der Waals surface area contributed by atoms with E-state index in [-0.39, 0.29) is 5.84 Å².